The minimum absolute atomic E-state index is 0.295. The van der Waals surface area contributed by atoms with Crippen molar-refractivity contribution in [2.45, 2.75) is 13.8 Å². The molecule has 0 aliphatic rings. The van der Waals surface area contributed by atoms with E-state index < -0.39 is 0 Å². The molecule has 2 heteroatoms. The minimum Gasteiger partial charge on any atom is -0.207 e. The van der Waals surface area contributed by atoms with E-state index in [1.807, 2.05) is 12.2 Å². The lowest BCUT2D eigenvalue weighted by Gasteiger charge is -1.97. The van der Waals surface area contributed by atoms with Gasteiger partial charge in [-0.2, -0.15) is 0 Å². The summed E-state index contributed by atoms with van der Waals surface area (Å²) in [4.78, 5) is 0. The van der Waals surface area contributed by atoms with Gasteiger partial charge in [-0.3, -0.25) is 0 Å². The SMILES string of the molecule is CC(C)/C=C/c1cc(F)cc(Cl)c1. The van der Waals surface area contributed by atoms with Crippen molar-refractivity contribution in [3.8, 4) is 0 Å². The van der Waals surface area contributed by atoms with Crippen molar-refractivity contribution >= 4 is 17.7 Å². The van der Waals surface area contributed by atoms with Crippen molar-refractivity contribution < 1.29 is 4.39 Å². The number of hydrogen-bond donors (Lipinski definition) is 0. The Morgan fingerprint density at radius 3 is 2.54 bits per heavy atom. The zero-order valence-electron chi connectivity index (χ0n) is 7.72. The lowest BCUT2D eigenvalue weighted by atomic mass is 10.1. The molecular weight excluding hydrogens is 187 g/mol. The zero-order chi connectivity index (χ0) is 9.84. The van der Waals surface area contributed by atoms with Crippen LogP contribution < -0.4 is 0 Å². The van der Waals surface area contributed by atoms with Gasteiger partial charge in [0.2, 0.25) is 0 Å². The summed E-state index contributed by atoms with van der Waals surface area (Å²) in [5, 5.41) is 0.434. The second-order valence-corrected chi connectivity index (χ2v) is 3.74. The molecule has 0 aromatic heterocycles. The first-order valence-electron chi connectivity index (χ1n) is 4.22. The van der Waals surface area contributed by atoms with E-state index in [0.717, 1.165) is 5.56 Å². The fraction of sp³-hybridized carbons (Fsp3) is 0.273. The molecule has 70 valence electrons. The minimum atomic E-state index is -0.295. The van der Waals surface area contributed by atoms with Gasteiger partial charge in [-0.25, -0.2) is 4.39 Å². The van der Waals surface area contributed by atoms with E-state index in [9.17, 15) is 4.39 Å². The highest BCUT2D eigenvalue weighted by Gasteiger charge is 1.95. The summed E-state index contributed by atoms with van der Waals surface area (Å²) < 4.78 is 12.8. The van der Waals surface area contributed by atoms with Gasteiger partial charge in [-0.15, -0.1) is 0 Å². The van der Waals surface area contributed by atoms with Gasteiger partial charge in [-0.05, 0) is 29.7 Å². The summed E-state index contributed by atoms with van der Waals surface area (Å²) in [7, 11) is 0. The number of hydrogen-bond acceptors (Lipinski definition) is 0. The molecule has 0 heterocycles. The molecule has 1 aromatic rings. The number of halogens is 2. The smallest absolute Gasteiger partial charge is 0.125 e. The van der Waals surface area contributed by atoms with Crippen LogP contribution in [0.3, 0.4) is 0 Å². The highest BCUT2D eigenvalue weighted by Crippen LogP contribution is 2.15. The molecule has 0 aliphatic heterocycles. The van der Waals surface area contributed by atoms with Crippen molar-refractivity contribution in [3.05, 3.63) is 40.7 Å². The third-order valence-electron chi connectivity index (χ3n) is 1.56. The van der Waals surface area contributed by atoms with Crippen molar-refractivity contribution in [1.82, 2.24) is 0 Å². The van der Waals surface area contributed by atoms with Crippen molar-refractivity contribution in [3.63, 3.8) is 0 Å². The maximum absolute atomic E-state index is 12.8. The molecule has 0 radical (unpaired) electrons. The van der Waals surface area contributed by atoms with Gasteiger partial charge in [0, 0.05) is 5.02 Å². The molecule has 0 unspecified atom stereocenters. The van der Waals surface area contributed by atoms with Crippen molar-refractivity contribution in [2.75, 3.05) is 0 Å². The molecule has 13 heavy (non-hydrogen) atoms. The van der Waals surface area contributed by atoms with E-state index >= 15 is 0 Å². The predicted molar refractivity (Wildman–Crippen MR) is 55.3 cm³/mol. The highest BCUT2D eigenvalue weighted by atomic mass is 35.5. The van der Waals surface area contributed by atoms with Crippen LogP contribution in [0.25, 0.3) is 6.08 Å². The molecule has 0 N–H and O–H groups in total. The van der Waals surface area contributed by atoms with Gasteiger partial charge < -0.3 is 0 Å². The molecule has 0 bridgehead atoms. The Kier molecular flexibility index (Phi) is 3.49. The van der Waals surface area contributed by atoms with Gasteiger partial charge in [-0.1, -0.05) is 37.6 Å². The summed E-state index contributed by atoms with van der Waals surface area (Å²) in [6.45, 7) is 4.13. The van der Waals surface area contributed by atoms with E-state index in [-0.39, 0.29) is 5.82 Å². The van der Waals surface area contributed by atoms with Crippen LogP contribution in [-0.4, -0.2) is 0 Å². The van der Waals surface area contributed by atoms with Crippen molar-refractivity contribution in [2.24, 2.45) is 5.92 Å². The largest absolute Gasteiger partial charge is 0.207 e. The summed E-state index contributed by atoms with van der Waals surface area (Å²) in [6, 6.07) is 4.50. The van der Waals surface area contributed by atoms with Gasteiger partial charge in [0.15, 0.2) is 0 Å². The predicted octanol–water partition coefficient (Wildman–Crippen LogP) is 4.15. The molecule has 0 saturated heterocycles. The molecule has 1 aromatic carbocycles. The molecule has 0 spiro atoms. The van der Waals surface area contributed by atoms with E-state index in [1.54, 1.807) is 6.07 Å². The fourth-order valence-electron chi connectivity index (χ4n) is 0.975. The Labute approximate surface area is 83.0 Å². The zero-order valence-corrected chi connectivity index (χ0v) is 8.48. The summed E-state index contributed by atoms with van der Waals surface area (Å²) >= 11 is 5.69. The lowest BCUT2D eigenvalue weighted by molar-refractivity contribution is 0.627. The average Bonchev–Trinajstić information content (AvgIpc) is 1.99. The Morgan fingerprint density at radius 2 is 2.00 bits per heavy atom. The molecule has 0 aliphatic carbocycles. The van der Waals surface area contributed by atoms with Crippen LogP contribution in [0.2, 0.25) is 5.02 Å². The first-order valence-corrected chi connectivity index (χ1v) is 4.60. The van der Waals surface area contributed by atoms with Crippen LogP contribution in [0.1, 0.15) is 19.4 Å². The van der Waals surface area contributed by atoms with Crippen LogP contribution in [0, 0.1) is 11.7 Å². The second kappa shape index (κ2) is 4.43. The molecule has 0 saturated carbocycles. The quantitative estimate of drug-likeness (QED) is 0.670. The van der Waals surface area contributed by atoms with Crippen molar-refractivity contribution in [1.29, 1.82) is 0 Å². The monoisotopic (exact) mass is 198 g/mol. The van der Waals surface area contributed by atoms with E-state index in [2.05, 4.69) is 13.8 Å². The number of allylic oxidation sites excluding steroid dienone is 1. The average molecular weight is 199 g/mol. The first kappa shape index (κ1) is 10.3. The summed E-state index contributed by atoms with van der Waals surface area (Å²) in [5.74, 6) is 0.165. The molecule has 0 atom stereocenters. The Balaban J connectivity index is 2.89. The van der Waals surface area contributed by atoms with Gasteiger partial charge >= 0.3 is 0 Å². The van der Waals surface area contributed by atoms with E-state index in [1.165, 1.54) is 12.1 Å². The number of benzene rings is 1. The lowest BCUT2D eigenvalue weighted by Crippen LogP contribution is -1.80. The van der Waals surface area contributed by atoms with Crippen LogP contribution in [0.15, 0.2) is 24.3 Å². The van der Waals surface area contributed by atoms with Crippen LogP contribution in [0.5, 0.6) is 0 Å². The fourth-order valence-corrected chi connectivity index (χ4v) is 1.21. The van der Waals surface area contributed by atoms with Gasteiger partial charge in [0.1, 0.15) is 5.82 Å². The highest BCUT2D eigenvalue weighted by molar-refractivity contribution is 6.30. The maximum atomic E-state index is 12.8. The maximum Gasteiger partial charge on any atom is 0.125 e. The third-order valence-corrected chi connectivity index (χ3v) is 1.78. The third kappa shape index (κ3) is 3.60. The van der Waals surface area contributed by atoms with Crippen LogP contribution in [-0.2, 0) is 0 Å². The Bertz CT molecular complexity index is 296. The molecule has 0 fully saturated rings. The normalized spacial score (nSPS) is 11.5. The molecule has 1 rings (SSSR count). The standard InChI is InChI=1S/C11H12ClF/c1-8(2)3-4-9-5-10(12)7-11(13)6-9/h3-8H,1-2H3/b4-3+. The summed E-state index contributed by atoms with van der Waals surface area (Å²) in [5.41, 5.74) is 0.804. The topological polar surface area (TPSA) is 0 Å². The first-order chi connectivity index (χ1) is 6.08. The molecule has 0 amide bonds. The number of rotatable bonds is 2. The second-order valence-electron chi connectivity index (χ2n) is 3.31. The molecule has 0 nitrogen and oxygen atoms in total. The van der Waals surface area contributed by atoms with Crippen LogP contribution >= 0.6 is 11.6 Å². The van der Waals surface area contributed by atoms with Gasteiger partial charge in [0.05, 0.1) is 0 Å². The van der Waals surface area contributed by atoms with E-state index in [0.29, 0.717) is 10.9 Å². The van der Waals surface area contributed by atoms with Gasteiger partial charge in [0.25, 0.3) is 0 Å². The Hall–Kier alpha value is -0.820. The van der Waals surface area contributed by atoms with Crippen LogP contribution in [0.4, 0.5) is 4.39 Å². The Morgan fingerprint density at radius 1 is 1.31 bits per heavy atom. The summed E-state index contributed by atoms with van der Waals surface area (Å²) in [6.07, 6.45) is 3.88. The van der Waals surface area contributed by atoms with E-state index in [4.69, 9.17) is 11.6 Å². The molecular formula is C11H12ClF.